The van der Waals surface area contributed by atoms with Crippen molar-refractivity contribution in [2.75, 3.05) is 0 Å². The number of nitrogens with zero attached hydrogens (tertiary/aromatic N) is 2. The van der Waals surface area contributed by atoms with E-state index in [9.17, 15) is 0 Å². The van der Waals surface area contributed by atoms with Crippen LogP contribution in [-0.4, -0.2) is 24.3 Å². The largest absolute Gasteiger partial charge is 0.339 e. The van der Waals surface area contributed by atoms with Crippen LogP contribution in [0.2, 0.25) is 0 Å². The number of aromatic nitrogens is 2. The monoisotopic (exact) mass is 610 g/mol. The molecule has 7 rings (SSSR count). The average molecular weight is 611 g/mol. The third-order valence-corrected chi connectivity index (χ3v) is 13.4. The first kappa shape index (κ1) is 30.8. The van der Waals surface area contributed by atoms with Gasteiger partial charge in [0.05, 0.1) is 6.33 Å². The molecule has 0 radical (unpaired) electrons. The van der Waals surface area contributed by atoms with Crippen molar-refractivity contribution in [3.63, 3.8) is 0 Å². The van der Waals surface area contributed by atoms with Gasteiger partial charge in [0.1, 0.15) is 0 Å². The first-order valence-corrected chi connectivity index (χ1v) is 18.1. The zero-order valence-corrected chi connectivity index (χ0v) is 27.6. The van der Waals surface area contributed by atoms with Gasteiger partial charge in [0, 0.05) is 18.6 Å². The number of imidazole rings is 1. The fourth-order valence-electron chi connectivity index (χ4n) is 6.49. The highest BCUT2D eigenvalue weighted by Gasteiger charge is 2.40. The van der Waals surface area contributed by atoms with Gasteiger partial charge in [-0.2, -0.15) is 0 Å². The van der Waals surface area contributed by atoms with Gasteiger partial charge in [-0.15, -0.1) is 0 Å². The van der Waals surface area contributed by atoms with E-state index in [-0.39, 0.29) is 0 Å². The topological polar surface area (TPSA) is 17.8 Å². The number of hydrogen-bond donors (Lipinski definition) is 0. The molecule has 0 aliphatic carbocycles. The highest BCUT2D eigenvalue weighted by Crippen LogP contribution is 2.13. The number of benzene rings is 6. The molecule has 2 nitrogen and oxygen atoms in total. The van der Waals surface area contributed by atoms with Gasteiger partial charge < -0.3 is 4.57 Å². The van der Waals surface area contributed by atoms with Crippen LogP contribution < -0.4 is 31.9 Å². The summed E-state index contributed by atoms with van der Waals surface area (Å²) in [5.74, 6) is 0. The molecule has 0 fully saturated rings. The maximum atomic E-state index is 4.31. The molecular weight excluding hydrogens is 571 g/mol. The van der Waals surface area contributed by atoms with Crippen LogP contribution in [0.15, 0.2) is 189 Å². The normalized spacial score (nSPS) is 10.9. The van der Waals surface area contributed by atoms with E-state index in [0.717, 1.165) is 6.17 Å². The molecule has 0 saturated heterocycles. The molecule has 0 unspecified atom stereocenters. The Hall–Kier alpha value is -5.19. The van der Waals surface area contributed by atoms with Crippen molar-refractivity contribution in [1.29, 1.82) is 0 Å². The van der Waals surface area contributed by atoms with Gasteiger partial charge in [-0.3, -0.25) is 0 Å². The molecule has 0 bridgehead atoms. The van der Waals surface area contributed by atoms with Crippen LogP contribution in [0.5, 0.6) is 0 Å². The molecule has 6 aromatic carbocycles. The Morgan fingerprint density at radius 3 is 1.30 bits per heavy atom. The standard InChI is InChI=1S/C24H24N2Si.C18H15B/c1-20-8-6-12-23(16-20)27(19-26-15-14-25-18-26,22-10-4-3-5-11-22)24-13-7-9-21(2)17-24;1-4-10-16(11-5-1)19(17-12-6-2-7-13-17)18-14-8-3-9-15-18/h3-18H,19H2,1-2H3;1-15H. The van der Waals surface area contributed by atoms with Crippen molar-refractivity contribution in [3.8, 4) is 0 Å². The Bertz CT molecular complexity index is 1790. The van der Waals surface area contributed by atoms with Gasteiger partial charge in [0.25, 0.3) is 0 Å². The summed E-state index contributed by atoms with van der Waals surface area (Å²) in [7, 11) is -2.27. The van der Waals surface area contributed by atoms with Gasteiger partial charge in [0.15, 0.2) is 8.07 Å². The van der Waals surface area contributed by atoms with Crippen molar-refractivity contribution in [1.82, 2.24) is 9.55 Å². The first-order chi connectivity index (χ1) is 22.6. The van der Waals surface area contributed by atoms with Crippen molar-refractivity contribution in [3.05, 3.63) is 200 Å². The third-order valence-electron chi connectivity index (χ3n) is 8.67. The van der Waals surface area contributed by atoms with Crippen molar-refractivity contribution >= 4 is 46.7 Å². The summed E-state index contributed by atoms with van der Waals surface area (Å²) >= 11 is 0. The second kappa shape index (κ2) is 14.7. The highest BCUT2D eigenvalue weighted by molar-refractivity contribution is 7.10. The van der Waals surface area contributed by atoms with Crippen LogP contribution in [-0.2, 0) is 6.17 Å². The minimum Gasteiger partial charge on any atom is -0.339 e. The summed E-state index contributed by atoms with van der Waals surface area (Å²) in [4.78, 5) is 4.31. The van der Waals surface area contributed by atoms with Gasteiger partial charge in [-0.25, -0.2) is 4.98 Å². The van der Waals surface area contributed by atoms with Crippen LogP contribution in [0, 0.1) is 13.8 Å². The first-order valence-electron chi connectivity index (χ1n) is 15.9. The van der Waals surface area contributed by atoms with Crippen LogP contribution in [0.1, 0.15) is 11.1 Å². The summed E-state index contributed by atoms with van der Waals surface area (Å²) < 4.78 is 2.24. The molecule has 0 N–H and O–H groups in total. The van der Waals surface area contributed by atoms with Gasteiger partial charge in [-0.05, 0) is 29.4 Å². The smallest absolute Gasteiger partial charge is 0.241 e. The molecule has 224 valence electrons. The molecule has 1 aromatic heterocycles. The Morgan fingerprint density at radius 1 is 0.500 bits per heavy atom. The second-order valence-corrected chi connectivity index (χ2v) is 15.8. The van der Waals surface area contributed by atoms with Crippen LogP contribution >= 0.6 is 0 Å². The summed E-state index contributed by atoms with van der Waals surface area (Å²) in [5, 5.41) is 4.30. The summed E-state index contributed by atoms with van der Waals surface area (Å²) in [6.45, 7) is 4.67. The third kappa shape index (κ3) is 7.04. The van der Waals surface area contributed by atoms with Crippen molar-refractivity contribution in [2.24, 2.45) is 0 Å². The minimum absolute atomic E-state index is 0.309. The zero-order valence-electron chi connectivity index (χ0n) is 26.6. The van der Waals surface area contributed by atoms with Gasteiger partial charge in [-0.1, -0.05) is 197 Å². The lowest BCUT2D eigenvalue weighted by molar-refractivity contribution is 0.862. The molecule has 1 heterocycles. The molecular formula is C42H39BN2Si. The lowest BCUT2D eigenvalue weighted by atomic mass is 9.37. The van der Waals surface area contributed by atoms with E-state index >= 15 is 0 Å². The Labute approximate surface area is 275 Å². The summed E-state index contributed by atoms with van der Waals surface area (Å²) in [5.41, 5.74) is 6.61. The zero-order chi connectivity index (χ0) is 31.6. The molecule has 0 atom stereocenters. The molecule has 46 heavy (non-hydrogen) atoms. The van der Waals surface area contributed by atoms with E-state index < -0.39 is 8.07 Å². The summed E-state index contributed by atoms with van der Waals surface area (Å²) in [6, 6.07) is 61.2. The molecule has 7 aromatic rings. The lowest BCUT2D eigenvalue weighted by Gasteiger charge is -2.34. The van der Waals surface area contributed by atoms with Crippen LogP contribution in [0.3, 0.4) is 0 Å². The second-order valence-electron chi connectivity index (χ2n) is 11.9. The molecule has 0 amide bonds. The van der Waals surface area contributed by atoms with E-state index in [1.54, 1.807) is 0 Å². The summed E-state index contributed by atoms with van der Waals surface area (Å²) in [6.07, 6.45) is 6.83. The van der Waals surface area contributed by atoms with E-state index in [2.05, 4.69) is 199 Å². The molecule has 0 aliphatic rings. The van der Waals surface area contributed by atoms with E-state index in [1.807, 2.05) is 12.5 Å². The lowest BCUT2D eigenvalue weighted by Crippen LogP contribution is -2.69. The number of aryl methyl sites for hydroxylation is 2. The fourth-order valence-corrected chi connectivity index (χ4v) is 11.2. The Morgan fingerprint density at radius 2 is 0.913 bits per heavy atom. The van der Waals surface area contributed by atoms with Crippen LogP contribution in [0.4, 0.5) is 0 Å². The van der Waals surface area contributed by atoms with Crippen LogP contribution in [0.25, 0.3) is 0 Å². The maximum Gasteiger partial charge on any atom is 0.241 e. The number of rotatable bonds is 8. The van der Waals surface area contributed by atoms with E-state index in [1.165, 1.54) is 43.1 Å². The minimum atomic E-state index is -2.27. The van der Waals surface area contributed by atoms with E-state index in [0.29, 0.717) is 6.71 Å². The SMILES string of the molecule is Cc1cccc([Si](Cn2ccnc2)(c2ccccc2)c2cccc(C)c2)c1.c1ccc(B(c2ccccc2)c2ccccc2)cc1. The predicted octanol–water partition coefficient (Wildman–Crippen LogP) is 5.41. The Kier molecular flexibility index (Phi) is 9.87. The maximum absolute atomic E-state index is 4.31. The van der Waals surface area contributed by atoms with Gasteiger partial charge >= 0.3 is 0 Å². The molecule has 0 aliphatic heterocycles. The van der Waals surface area contributed by atoms with Crippen molar-refractivity contribution in [2.45, 2.75) is 20.0 Å². The number of hydrogen-bond acceptors (Lipinski definition) is 1. The Balaban J connectivity index is 0.000000172. The quantitative estimate of drug-likeness (QED) is 0.166. The fraction of sp³-hybridized carbons (Fsp3) is 0.0714. The highest BCUT2D eigenvalue weighted by atomic mass is 28.3. The molecule has 0 saturated carbocycles. The predicted molar refractivity (Wildman–Crippen MR) is 200 cm³/mol. The van der Waals surface area contributed by atoms with Crippen molar-refractivity contribution < 1.29 is 0 Å². The van der Waals surface area contributed by atoms with E-state index in [4.69, 9.17) is 0 Å². The molecule has 4 heteroatoms. The van der Waals surface area contributed by atoms with Gasteiger partial charge in [0.2, 0.25) is 6.71 Å². The average Bonchev–Trinajstić information content (AvgIpc) is 3.63. The molecule has 0 spiro atoms.